The van der Waals surface area contributed by atoms with Crippen molar-refractivity contribution in [2.75, 3.05) is 12.3 Å². The Balaban J connectivity index is 0.00000289. The molecule has 1 aromatic carbocycles. The van der Waals surface area contributed by atoms with Crippen molar-refractivity contribution in [3.63, 3.8) is 0 Å². The molecule has 0 bridgehead atoms. The first-order chi connectivity index (χ1) is 7.74. The van der Waals surface area contributed by atoms with Crippen LogP contribution in [0.25, 0.3) is 0 Å². The Kier molecular flexibility index (Phi) is 6.57. The molecule has 104 valence electrons. The number of rotatable bonds is 3. The second-order valence-corrected chi connectivity index (χ2v) is 5.88. The van der Waals surface area contributed by atoms with Crippen LogP contribution in [0.5, 0.6) is 0 Å². The number of benzene rings is 1. The van der Waals surface area contributed by atoms with Gasteiger partial charge in [0.05, 0.1) is 18.3 Å². The molecule has 0 amide bonds. The maximum absolute atomic E-state index is 13.5. The number of nitrogen functional groups attached to an aromatic ring is 1. The van der Waals surface area contributed by atoms with E-state index in [4.69, 9.17) is 5.73 Å². The van der Waals surface area contributed by atoms with E-state index in [1.54, 1.807) is 6.07 Å². The van der Waals surface area contributed by atoms with Crippen molar-refractivity contribution in [3.05, 3.63) is 28.0 Å². The molecule has 0 aromatic heterocycles. The lowest BCUT2D eigenvalue weighted by atomic mass is 10.0. The lowest BCUT2D eigenvalue weighted by molar-refractivity contribution is 0.217. The van der Waals surface area contributed by atoms with E-state index in [0.29, 0.717) is 10.0 Å². The summed E-state index contributed by atoms with van der Waals surface area (Å²) in [6, 6.07) is 2.75. The third-order valence-corrected chi connectivity index (χ3v) is 2.95. The zero-order chi connectivity index (χ0) is 13.2. The molecule has 0 aliphatic rings. The highest BCUT2D eigenvalue weighted by Gasteiger charge is 2.19. The molecule has 6 heteroatoms. The fraction of sp³-hybridized carbons (Fsp3) is 0.500. The van der Waals surface area contributed by atoms with Crippen LogP contribution in [0.3, 0.4) is 0 Å². The Morgan fingerprint density at radius 3 is 2.39 bits per heavy atom. The lowest BCUT2D eigenvalue weighted by Gasteiger charge is -2.28. The Bertz CT molecular complexity index is 387. The number of hydrogen-bond donors (Lipinski definition) is 3. The van der Waals surface area contributed by atoms with Crippen molar-refractivity contribution >= 4 is 34.0 Å². The summed E-state index contributed by atoms with van der Waals surface area (Å²) in [4.78, 5) is 0. The van der Waals surface area contributed by atoms with Gasteiger partial charge in [-0.3, -0.25) is 0 Å². The van der Waals surface area contributed by atoms with Crippen LogP contribution in [-0.4, -0.2) is 17.3 Å². The SMILES string of the molecule is CC(C)(C)NC(CO)c1cc(F)c(N)c(Br)c1.Cl. The van der Waals surface area contributed by atoms with Gasteiger partial charge in [-0.2, -0.15) is 0 Å². The van der Waals surface area contributed by atoms with Crippen LogP contribution in [0.2, 0.25) is 0 Å². The van der Waals surface area contributed by atoms with Crippen molar-refractivity contribution in [2.24, 2.45) is 0 Å². The number of nitrogens with one attached hydrogen (secondary N) is 1. The Labute approximate surface area is 121 Å². The number of halogens is 3. The third-order valence-electron chi connectivity index (χ3n) is 2.29. The van der Waals surface area contributed by atoms with Gasteiger partial charge in [0.1, 0.15) is 5.82 Å². The van der Waals surface area contributed by atoms with Crippen molar-refractivity contribution < 1.29 is 9.50 Å². The summed E-state index contributed by atoms with van der Waals surface area (Å²) < 4.78 is 14.0. The van der Waals surface area contributed by atoms with E-state index < -0.39 is 5.82 Å². The van der Waals surface area contributed by atoms with Crippen LogP contribution in [0, 0.1) is 5.82 Å². The number of anilines is 1. The van der Waals surface area contributed by atoms with Gasteiger partial charge in [-0.15, -0.1) is 12.4 Å². The summed E-state index contributed by atoms with van der Waals surface area (Å²) in [6.45, 7) is 5.85. The fourth-order valence-corrected chi connectivity index (χ4v) is 2.02. The molecule has 18 heavy (non-hydrogen) atoms. The van der Waals surface area contributed by atoms with Crippen LogP contribution in [0.15, 0.2) is 16.6 Å². The van der Waals surface area contributed by atoms with E-state index in [-0.39, 0.29) is 36.3 Å². The van der Waals surface area contributed by atoms with Crippen molar-refractivity contribution in [1.82, 2.24) is 5.32 Å². The molecule has 0 saturated carbocycles. The second kappa shape index (κ2) is 6.70. The first-order valence-corrected chi connectivity index (χ1v) is 6.17. The van der Waals surface area contributed by atoms with E-state index in [9.17, 15) is 9.50 Å². The minimum absolute atomic E-state index is 0. The largest absolute Gasteiger partial charge is 0.395 e. The van der Waals surface area contributed by atoms with Gasteiger partial charge in [-0.1, -0.05) is 0 Å². The van der Waals surface area contributed by atoms with Crippen LogP contribution in [-0.2, 0) is 0 Å². The molecule has 1 unspecified atom stereocenters. The summed E-state index contributed by atoms with van der Waals surface area (Å²) >= 11 is 3.20. The maximum Gasteiger partial charge on any atom is 0.147 e. The smallest absolute Gasteiger partial charge is 0.147 e. The molecule has 0 saturated heterocycles. The van der Waals surface area contributed by atoms with Gasteiger partial charge < -0.3 is 16.2 Å². The van der Waals surface area contributed by atoms with E-state index >= 15 is 0 Å². The molecule has 0 aliphatic carbocycles. The zero-order valence-electron chi connectivity index (χ0n) is 10.6. The molecule has 0 radical (unpaired) electrons. The first kappa shape index (κ1) is 17.6. The first-order valence-electron chi connectivity index (χ1n) is 5.37. The topological polar surface area (TPSA) is 58.3 Å². The van der Waals surface area contributed by atoms with E-state index in [2.05, 4.69) is 21.2 Å². The summed E-state index contributed by atoms with van der Waals surface area (Å²) in [5.41, 5.74) is 6.10. The fourth-order valence-electron chi connectivity index (χ4n) is 1.56. The highest BCUT2D eigenvalue weighted by atomic mass is 79.9. The van der Waals surface area contributed by atoms with Crippen LogP contribution in [0.4, 0.5) is 10.1 Å². The average Bonchev–Trinajstić information content (AvgIpc) is 2.20. The number of nitrogens with two attached hydrogens (primary N) is 1. The van der Waals surface area contributed by atoms with Crippen molar-refractivity contribution in [2.45, 2.75) is 32.4 Å². The quantitative estimate of drug-likeness (QED) is 0.741. The normalized spacial score (nSPS) is 13.0. The highest BCUT2D eigenvalue weighted by Crippen LogP contribution is 2.28. The minimum Gasteiger partial charge on any atom is -0.395 e. The maximum atomic E-state index is 13.5. The molecule has 1 aromatic rings. The van der Waals surface area contributed by atoms with E-state index in [0.717, 1.165) is 0 Å². The van der Waals surface area contributed by atoms with E-state index in [1.807, 2.05) is 20.8 Å². The monoisotopic (exact) mass is 340 g/mol. The molecule has 1 rings (SSSR count). The van der Waals surface area contributed by atoms with Crippen LogP contribution >= 0.6 is 28.3 Å². The predicted octanol–water partition coefficient (Wildman–Crippen LogP) is 3.01. The van der Waals surface area contributed by atoms with Gasteiger partial charge in [-0.05, 0) is 54.4 Å². The molecular weight excluding hydrogens is 322 g/mol. The number of aliphatic hydroxyl groups excluding tert-OH is 1. The van der Waals surface area contributed by atoms with Gasteiger partial charge in [0, 0.05) is 10.0 Å². The molecule has 0 spiro atoms. The summed E-state index contributed by atoms with van der Waals surface area (Å²) in [6.07, 6.45) is 0. The average molecular weight is 342 g/mol. The number of hydrogen-bond acceptors (Lipinski definition) is 3. The van der Waals surface area contributed by atoms with Gasteiger partial charge in [0.2, 0.25) is 0 Å². The Morgan fingerprint density at radius 2 is 2.00 bits per heavy atom. The van der Waals surface area contributed by atoms with Crippen LogP contribution < -0.4 is 11.1 Å². The second-order valence-electron chi connectivity index (χ2n) is 5.03. The molecule has 0 fully saturated rings. The Morgan fingerprint density at radius 1 is 1.44 bits per heavy atom. The van der Waals surface area contributed by atoms with Gasteiger partial charge in [-0.25, -0.2) is 4.39 Å². The molecule has 3 nitrogen and oxygen atoms in total. The molecule has 1 atom stereocenters. The summed E-state index contributed by atoms with van der Waals surface area (Å²) in [5, 5.41) is 12.6. The van der Waals surface area contributed by atoms with Gasteiger partial charge in [0.15, 0.2) is 0 Å². The molecule has 0 heterocycles. The molecule has 0 aliphatic heterocycles. The minimum atomic E-state index is -0.483. The predicted molar refractivity (Wildman–Crippen MR) is 78.5 cm³/mol. The van der Waals surface area contributed by atoms with Gasteiger partial charge >= 0.3 is 0 Å². The van der Waals surface area contributed by atoms with Crippen LogP contribution in [0.1, 0.15) is 32.4 Å². The highest BCUT2D eigenvalue weighted by molar-refractivity contribution is 9.10. The summed E-state index contributed by atoms with van der Waals surface area (Å²) in [5.74, 6) is -0.483. The van der Waals surface area contributed by atoms with E-state index in [1.165, 1.54) is 6.07 Å². The van der Waals surface area contributed by atoms with Gasteiger partial charge in [0.25, 0.3) is 0 Å². The molecule has 4 N–H and O–H groups in total. The van der Waals surface area contributed by atoms with Crippen molar-refractivity contribution in [1.29, 1.82) is 0 Å². The lowest BCUT2D eigenvalue weighted by Crippen LogP contribution is -2.40. The Hall–Kier alpha value is -0.360. The summed E-state index contributed by atoms with van der Waals surface area (Å²) in [7, 11) is 0. The molecular formula is C12H19BrClFN2O. The number of aliphatic hydroxyl groups is 1. The van der Waals surface area contributed by atoms with Crippen molar-refractivity contribution in [3.8, 4) is 0 Å². The third kappa shape index (κ3) is 4.72. The zero-order valence-corrected chi connectivity index (χ0v) is 13.0. The standard InChI is InChI=1S/C12H18BrFN2O.ClH/c1-12(2,3)16-10(6-17)7-4-8(13)11(15)9(14)5-7;/h4-5,10,16-17H,6,15H2,1-3H3;1H.